The van der Waals surface area contributed by atoms with Gasteiger partial charge in [0.25, 0.3) is 5.91 Å². The van der Waals surface area contributed by atoms with Crippen LogP contribution in [0.4, 0.5) is 0 Å². The maximum Gasteiger partial charge on any atom is 0.308 e. The average Bonchev–Trinajstić information content (AvgIpc) is 3.18. The molecule has 1 unspecified atom stereocenters. The van der Waals surface area contributed by atoms with E-state index in [-0.39, 0.29) is 18.1 Å². The van der Waals surface area contributed by atoms with Gasteiger partial charge in [0.15, 0.2) is 0 Å². The van der Waals surface area contributed by atoms with Crippen LogP contribution in [0.3, 0.4) is 0 Å². The van der Waals surface area contributed by atoms with Gasteiger partial charge in [-0.1, -0.05) is 6.92 Å². The molecule has 0 aliphatic rings. The van der Waals surface area contributed by atoms with E-state index in [0.29, 0.717) is 31.9 Å². The first-order valence-corrected chi connectivity index (χ1v) is 8.58. The zero-order valence-electron chi connectivity index (χ0n) is 15.0. The van der Waals surface area contributed by atoms with E-state index in [1.165, 1.54) is 4.90 Å². The van der Waals surface area contributed by atoms with Crippen LogP contribution in [-0.4, -0.2) is 63.0 Å². The van der Waals surface area contributed by atoms with Crippen LogP contribution < -0.4 is 0 Å². The van der Waals surface area contributed by atoms with Crippen LogP contribution in [0.5, 0.6) is 0 Å². The molecule has 2 aromatic rings. The van der Waals surface area contributed by atoms with E-state index < -0.39 is 11.9 Å². The second kappa shape index (κ2) is 9.67. The molecule has 140 valence electrons. The van der Waals surface area contributed by atoms with Gasteiger partial charge in [-0.2, -0.15) is 5.10 Å². The molecule has 2 aromatic heterocycles. The first-order chi connectivity index (χ1) is 12.5. The molecule has 8 heteroatoms. The van der Waals surface area contributed by atoms with Gasteiger partial charge in [-0.15, -0.1) is 0 Å². The molecular weight excluding hydrogens is 336 g/mol. The van der Waals surface area contributed by atoms with Crippen molar-refractivity contribution in [2.75, 3.05) is 26.3 Å². The molecule has 1 atom stereocenters. The zero-order chi connectivity index (χ0) is 18.9. The number of hydrogen-bond donors (Lipinski definition) is 1. The van der Waals surface area contributed by atoms with Crippen molar-refractivity contribution in [1.82, 2.24) is 19.7 Å². The molecule has 1 amide bonds. The number of aliphatic carboxylic acids is 1. The van der Waals surface area contributed by atoms with Crippen molar-refractivity contribution in [1.29, 1.82) is 0 Å². The normalized spacial score (nSPS) is 11.9. The van der Waals surface area contributed by atoms with Crippen LogP contribution in [0.1, 0.15) is 30.8 Å². The number of ether oxygens (including phenoxy) is 1. The lowest BCUT2D eigenvalue weighted by Crippen LogP contribution is -2.38. The minimum atomic E-state index is -0.939. The predicted octanol–water partition coefficient (Wildman–Crippen LogP) is 1.86. The van der Waals surface area contributed by atoms with Gasteiger partial charge in [0.05, 0.1) is 11.6 Å². The highest BCUT2D eigenvalue weighted by atomic mass is 16.5. The number of carboxylic acids is 1. The van der Waals surface area contributed by atoms with Crippen LogP contribution in [0.15, 0.2) is 36.8 Å². The third kappa shape index (κ3) is 5.38. The van der Waals surface area contributed by atoms with Crippen LogP contribution in [0, 0.1) is 5.92 Å². The van der Waals surface area contributed by atoms with Gasteiger partial charge in [0.2, 0.25) is 0 Å². The summed E-state index contributed by atoms with van der Waals surface area (Å²) >= 11 is 0. The highest BCUT2D eigenvalue weighted by Crippen LogP contribution is 2.12. The molecule has 0 fully saturated rings. The smallest absolute Gasteiger partial charge is 0.308 e. The Balaban J connectivity index is 2.15. The van der Waals surface area contributed by atoms with Crippen molar-refractivity contribution >= 4 is 11.9 Å². The molecule has 0 aliphatic carbocycles. The average molecular weight is 360 g/mol. The summed E-state index contributed by atoms with van der Waals surface area (Å²) in [5, 5.41) is 13.3. The Hall–Kier alpha value is -2.74. The number of nitrogens with zero attached hydrogens (tertiary/aromatic N) is 4. The topological polar surface area (TPSA) is 97.6 Å². The molecule has 26 heavy (non-hydrogen) atoms. The van der Waals surface area contributed by atoms with Crippen molar-refractivity contribution in [3.8, 4) is 5.69 Å². The van der Waals surface area contributed by atoms with Crippen LogP contribution in [-0.2, 0) is 9.53 Å². The summed E-state index contributed by atoms with van der Waals surface area (Å²) in [4.78, 5) is 29.8. The number of carbonyl (C=O) groups excluding carboxylic acids is 1. The summed E-state index contributed by atoms with van der Waals surface area (Å²) < 4.78 is 6.95. The summed E-state index contributed by atoms with van der Waals surface area (Å²) in [5.74, 6) is -1.91. The van der Waals surface area contributed by atoms with Gasteiger partial charge >= 0.3 is 5.97 Å². The second-order valence-electron chi connectivity index (χ2n) is 5.89. The van der Waals surface area contributed by atoms with Crippen LogP contribution in [0.2, 0.25) is 0 Å². The maximum atomic E-state index is 12.9. The number of aromatic nitrogens is 3. The molecule has 2 rings (SSSR count). The monoisotopic (exact) mass is 360 g/mol. The zero-order valence-corrected chi connectivity index (χ0v) is 15.0. The lowest BCUT2D eigenvalue weighted by Gasteiger charge is -2.24. The third-order valence-corrected chi connectivity index (χ3v) is 3.86. The first kappa shape index (κ1) is 19.6. The molecule has 0 radical (unpaired) electrons. The molecule has 8 nitrogen and oxygen atoms in total. The number of hydrogen-bond acceptors (Lipinski definition) is 5. The minimum Gasteiger partial charge on any atom is -0.481 e. The van der Waals surface area contributed by atoms with E-state index in [9.17, 15) is 14.7 Å². The van der Waals surface area contributed by atoms with E-state index >= 15 is 0 Å². The fraction of sp³-hybridized carbons (Fsp3) is 0.444. The van der Waals surface area contributed by atoms with E-state index in [2.05, 4.69) is 10.1 Å². The number of carbonyl (C=O) groups is 2. The summed E-state index contributed by atoms with van der Waals surface area (Å²) in [7, 11) is 0. The molecular formula is C18H24N4O4. The van der Waals surface area contributed by atoms with E-state index in [4.69, 9.17) is 4.74 Å². The highest BCUT2D eigenvalue weighted by molar-refractivity contribution is 5.93. The summed E-state index contributed by atoms with van der Waals surface area (Å²) in [6.45, 7) is 5.13. The second-order valence-corrected chi connectivity index (χ2v) is 5.89. The summed E-state index contributed by atoms with van der Waals surface area (Å²) in [6, 6.07) is 5.19. The van der Waals surface area contributed by atoms with E-state index in [1.807, 2.05) is 6.92 Å². The van der Waals surface area contributed by atoms with Crippen LogP contribution >= 0.6 is 0 Å². The molecule has 0 spiro atoms. The Morgan fingerprint density at radius 3 is 2.85 bits per heavy atom. The predicted molar refractivity (Wildman–Crippen MR) is 95.2 cm³/mol. The number of pyridine rings is 1. The molecule has 2 heterocycles. The lowest BCUT2D eigenvalue weighted by atomic mass is 10.1. The van der Waals surface area contributed by atoms with Gasteiger partial charge in [-0.25, -0.2) is 4.68 Å². The van der Waals surface area contributed by atoms with Crippen molar-refractivity contribution < 1.29 is 19.4 Å². The third-order valence-electron chi connectivity index (χ3n) is 3.86. The first-order valence-electron chi connectivity index (χ1n) is 8.58. The van der Waals surface area contributed by atoms with Crippen molar-refractivity contribution in [3.05, 3.63) is 42.5 Å². The Kier molecular flexibility index (Phi) is 7.28. The Labute approximate surface area is 152 Å². The molecule has 1 N–H and O–H groups in total. The molecule has 0 bridgehead atoms. The van der Waals surface area contributed by atoms with Gasteiger partial charge in [0, 0.05) is 44.9 Å². The maximum absolute atomic E-state index is 12.9. The van der Waals surface area contributed by atoms with Crippen molar-refractivity contribution in [3.63, 3.8) is 0 Å². The van der Waals surface area contributed by atoms with Gasteiger partial charge in [-0.3, -0.25) is 14.6 Å². The van der Waals surface area contributed by atoms with Crippen LogP contribution in [0.25, 0.3) is 5.69 Å². The van der Waals surface area contributed by atoms with Gasteiger partial charge in [-0.05, 0) is 31.5 Å². The standard InChI is InChI=1S/C18H24N4O4/c1-3-26-11-5-9-21(13-14(2)18(24)25)17(23)16-12-15(6-8-19-16)22-10-4-7-20-22/h4,6-8,10,12,14H,3,5,9,11,13H2,1-2H3,(H,24,25). The van der Waals surface area contributed by atoms with Crippen molar-refractivity contribution in [2.24, 2.45) is 5.92 Å². The molecule has 0 saturated heterocycles. The number of amides is 1. The fourth-order valence-corrected chi connectivity index (χ4v) is 2.45. The Morgan fingerprint density at radius 2 is 2.19 bits per heavy atom. The largest absolute Gasteiger partial charge is 0.481 e. The van der Waals surface area contributed by atoms with Gasteiger partial charge in [0.1, 0.15) is 5.69 Å². The number of rotatable bonds is 10. The number of carboxylic acid groups (broad SMARTS) is 1. The Morgan fingerprint density at radius 1 is 1.38 bits per heavy atom. The minimum absolute atomic E-state index is 0.119. The fourth-order valence-electron chi connectivity index (χ4n) is 2.45. The SMILES string of the molecule is CCOCCCN(CC(C)C(=O)O)C(=O)c1cc(-n2cccn2)ccn1. The van der Waals surface area contributed by atoms with E-state index in [1.54, 1.807) is 48.4 Å². The highest BCUT2D eigenvalue weighted by Gasteiger charge is 2.22. The summed E-state index contributed by atoms with van der Waals surface area (Å²) in [5.41, 5.74) is 0.973. The molecule has 0 aliphatic heterocycles. The lowest BCUT2D eigenvalue weighted by molar-refractivity contribution is -0.141. The molecule has 0 aromatic carbocycles. The van der Waals surface area contributed by atoms with E-state index in [0.717, 1.165) is 0 Å². The summed E-state index contributed by atoms with van der Waals surface area (Å²) in [6.07, 6.45) is 5.60. The quantitative estimate of drug-likeness (QED) is 0.650. The molecule has 0 saturated carbocycles. The van der Waals surface area contributed by atoms with Gasteiger partial charge < -0.3 is 14.7 Å². The van der Waals surface area contributed by atoms with Crippen molar-refractivity contribution in [2.45, 2.75) is 20.3 Å². The Bertz CT molecular complexity index is 718.